The van der Waals surface area contributed by atoms with Crippen molar-refractivity contribution in [2.24, 2.45) is 5.92 Å². The van der Waals surface area contributed by atoms with E-state index in [0.717, 1.165) is 64.8 Å². The number of ether oxygens (including phenoxy) is 1. The highest BCUT2D eigenvalue weighted by atomic mass is 32.2. The number of rotatable bonds is 8. The van der Waals surface area contributed by atoms with E-state index >= 15 is 0 Å². The van der Waals surface area contributed by atoms with Gasteiger partial charge < -0.3 is 9.64 Å². The van der Waals surface area contributed by atoms with Gasteiger partial charge in [0, 0.05) is 36.7 Å². The van der Waals surface area contributed by atoms with Gasteiger partial charge in [-0.3, -0.25) is 13.8 Å². The van der Waals surface area contributed by atoms with Crippen molar-refractivity contribution < 1.29 is 22.1 Å². The molecular formula is C34H39N5O5S. The van der Waals surface area contributed by atoms with E-state index in [2.05, 4.69) is 18.3 Å². The van der Waals surface area contributed by atoms with Crippen LogP contribution in [0.15, 0.2) is 59.8 Å². The van der Waals surface area contributed by atoms with Crippen molar-refractivity contribution in [3.05, 3.63) is 71.7 Å². The summed E-state index contributed by atoms with van der Waals surface area (Å²) in [7, 11) is -3.77. The van der Waals surface area contributed by atoms with Crippen LogP contribution in [0.1, 0.15) is 81.2 Å². The van der Waals surface area contributed by atoms with Gasteiger partial charge in [-0.15, -0.1) is 0 Å². The Labute approximate surface area is 263 Å². The number of nitrogens with zero attached hydrogens (tertiary/aromatic N) is 5. The van der Waals surface area contributed by atoms with E-state index < -0.39 is 15.7 Å². The van der Waals surface area contributed by atoms with Crippen molar-refractivity contribution in [1.29, 1.82) is 0 Å². The monoisotopic (exact) mass is 629 g/mol. The molecule has 0 unspecified atom stereocenters. The summed E-state index contributed by atoms with van der Waals surface area (Å²) in [6, 6.07) is 13.1. The molecule has 4 aromatic rings. The summed E-state index contributed by atoms with van der Waals surface area (Å²) in [5.41, 5.74) is 6.16. The largest absolute Gasteiger partial charge is 0.444 e. The molecule has 236 valence electrons. The van der Waals surface area contributed by atoms with Gasteiger partial charge in [0.2, 0.25) is 0 Å². The Hall–Kier alpha value is -3.83. The van der Waals surface area contributed by atoms with Crippen LogP contribution in [0.5, 0.6) is 0 Å². The summed E-state index contributed by atoms with van der Waals surface area (Å²) in [5.74, 6) is 0.821. The standard InChI is InChI=1S/C34H39N5O5S/c1-21-5-10-27(11-6-21)45(41,42)43-20-22-13-26(14-22)39-19-28(32(37-39)23-7-8-23)31-16-35-29-12-9-24(15-30(29)36-31)25-17-38(18-25)33(40)44-34(2,3)4/h5-6,9-12,15-16,19,22-23,25-26H,7-8,13-14,17-18,20H2,1-4H3/t22-,26-. The highest BCUT2D eigenvalue weighted by Gasteiger charge is 2.37. The minimum atomic E-state index is -3.77. The third-order valence-corrected chi connectivity index (χ3v) is 10.2. The number of carbonyl (C=O) groups excluding carboxylic acids is 1. The lowest BCUT2D eigenvalue weighted by Crippen LogP contribution is -2.50. The average Bonchev–Trinajstić information content (AvgIpc) is 3.69. The molecule has 3 fully saturated rings. The van der Waals surface area contributed by atoms with Crippen LogP contribution in [0.25, 0.3) is 22.3 Å². The molecule has 0 atom stereocenters. The lowest BCUT2D eigenvalue weighted by atomic mass is 9.81. The summed E-state index contributed by atoms with van der Waals surface area (Å²) >= 11 is 0. The average molecular weight is 630 g/mol. The molecule has 0 bridgehead atoms. The first-order chi connectivity index (χ1) is 21.4. The Balaban J connectivity index is 1.02. The minimum absolute atomic E-state index is 0.156. The summed E-state index contributed by atoms with van der Waals surface area (Å²) in [6.45, 7) is 8.97. The molecule has 7 rings (SSSR count). The molecule has 2 aliphatic carbocycles. The van der Waals surface area contributed by atoms with Gasteiger partial charge >= 0.3 is 6.09 Å². The topological polar surface area (TPSA) is 117 Å². The van der Waals surface area contributed by atoms with Gasteiger partial charge in [0.1, 0.15) is 5.60 Å². The van der Waals surface area contributed by atoms with Gasteiger partial charge in [-0.05, 0) is 89.1 Å². The Bertz CT molecular complexity index is 1850. The predicted molar refractivity (Wildman–Crippen MR) is 169 cm³/mol. The zero-order valence-electron chi connectivity index (χ0n) is 26.1. The Morgan fingerprint density at radius 2 is 1.73 bits per heavy atom. The second-order valence-electron chi connectivity index (χ2n) is 13.8. The van der Waals surface area contributed by atoms with Crippen molar-refractivity contribution in [3.63, 3.8) is 0 Å². The molecule has 3 heterocycles. The highest BCUT2D eigenvalue weighted by Crippen LogP contribution is 2.46. The van der Waals surface area contributed by atoms with Gasteiger partial charge in [0.25, 0.3) is 10.1 Å². The van der Waals surface area contributed by atoms with Gasteiger partial charge in [0.05, 0.1) is 46.2 Å². The molecule has 11 heteroatoms. The van der Waals surface area contributed by atoms with Crippen LogP contribution >= 0.6 is 0 Å². The number of fused-ring (bicyclic) bond motifs is 1. The van der Waals surface area contributed by atoms with Crippen molar-refractivity contribution in [3.8, 4) is 11.3 Å². The van der Waals surface area contributed by atoms with Gasteiger partial charge in [0.15, 0.2) is 0 Å². The Morgan fingerprint density at radius 3 is 2.42 bits per heavy atom. The van der Waals surface area contributed by atoms with Crippen LogP contribution in [0, 0.1) is 12.8 Å². The molecule has 45 heavy (non-hydrogen) atoms. The van der Waals surface area contributed by atoms with Crippen LogP contribution < -0.4 is 0 Å². The SMILES string of the molecule is Cc1ccc(S(=O)(=O)OC[C@H]2C[C@H](n3cc(-c4cnc5ccc(C6CN(C(=O)OC(C)(C)C)C6)cc5n4)c(C4CC4)n3)C2)cc1. The minimum Gasteiger partial charge on any atom is -0.444 e. The van der Waals surface area contributed by atoms with E-state index in [0.29, 0.717) is 19.0 Å². The van der Waals surface area contributed by atoms with Crippen LogP contribution in [0.2, 0.25) is 0 Å². The highest BCUT2D eigenvalue weighted by molar-refractivity contribution is 7.86. The fraction of sp³-hybridized carbons (Fsp3) is 0.471. The van der Waals surface area contributed by atoms with E-state index in [1.807, 2.05) is 44.6 Å². The van der Waals surface area contributed by atoms with E-state index in [1.54, 1.807) is 29.2 Å². The summed E-state index contributed by atoms with van der Waals surface area (Å²) in [5, 5.41) is 5.01. The number of amides is 1. The molecule has 0 N–H and O–H groups in total. The first kappa shape index (κ1) is 29.9. The Kier molecular flexibility index (Phi) is 7.43. The second-order valence-corrected chi connectivity index (χ2v) is 15.4. The number of benzene rings is 2. The maximum atomic E-state index is 12.6. The third kappa shape index (κ3) is 6.33. The maximum Gasteiger partial charge on any atom is 0.410 e. The van der Waals surface area contributed by atoms with Crippen LogP contribution in [-0.4, -0.2) is 64.5 Å². The third-order valence-electron chi connectivity index (χ3n) is 8.92. The van der Waals surface area contributed by atoms with Gasteiger partial charge in [-0.1, -0.05) is 23.8 Å². The number of hydrogen-bond donors (Lipinski definition) is 0. The number of aryl methyl sites for hydroxylation is 1. The number of likely N-dealkylation sites (tertiary alicyclic amines) is 1. The number of carbonyl (C=O) groups is 1. The first-order valence-electron chi connectivity index (χ1n) is 15.7. The maximum absolute atomic E-state index is 12.6. The molecule has 1 aliphatic heterocycles. The van der Waals surface area contributed by atoms with E-state index in [-0.39, 0.29) is 35.5 Å². The van der Waals surface area contributed by atoms with Crippen molar-refractivity contribution in [1.82, 2.24) is 24.6 Å². The van der Waals surface area contributed by atoms with Crippen molar-refractivity contribution in [2.75, 3.05) is 19.7 Å². The summed E-state index contributed by atoms with van der Waals surface area (Å²) in [4.78, 5) is 24.1. The summed E-state index contributed by atoms with van der Waals surface area (Å²) < 4.78 is 38.2. The zero-order chi connectivity index (χ0) is 31.5. The fourth-order valence-electron chi connectivity index (χ4n) is 6.04. The zero-order valence-corrected chi connectivity index (χ0v) is 27.0. The van der Waals surface area contributed by atoms with Crippen molar-refractivity contribution >= 4 is 27.2 Å². The molecule has 1 saturated heterocycles. The van der Waals surface area contributed by atoms with Crippen LogP contribution in [0.3, 0.4) is 0 Å². The molecule has 2 saturated carbocycles. The van der Waals surface area contributed by atoms with Crippen molar-refractivity contribution in [2.45, 2.75) is 81.8 Å². The molecule has 1 amide bonds. The fourth-order valence-corrected chi connectivity index (χ4v) is 7.01. The normalized spacial score (nSPS) is 20.6. The molecule has 2 aromatic heterocycles. The quantitative estimate of drug-likeness (QED) is 0.207. The van der Waals surface area contributed by atoms with Gasteiger partial charge in [-0.25, -0.2) is 9.78 Å². The molecule has 0 radical (unpaired) electrons. The Morgan fingerprint density at radius 1 is 1.00 bits per heavy atom. The lowest BCUT2D eigenvalue weighted by molar-refractivity contribution is 0.00820. The smallest absolute Gasteiger partial charge is 0.410 e. The number of aromatic nitrogens is 4. The molecule has 0 spiro atoms. The van der Waals surface area contributed by atoms with E-state index in [4.69, 9.17) is 24.0 Å². The lowest BCUT2D eigenvalue weighted by Gasteiger charge is -2.40. The van der Waals surface area contributed by atoms with Crippen LogP contribution in [-0.2, 0) is 19.0 Å². The van der Waals surface area contributed by atoms with E-state index in [1.165, 1.54) is 0 Å². The molecular weight excluding hydrogens is 590 g/mol. The first-order valence-corrected chi connectivity index (χ1v) is 17.1. The predicted octanol–water partition coefficient (Wildman–Crippen LogP) is 6.37. The molecule has 10 nitrogen and oxygen atoms in total. The van der Waals surface area contributed by atoms with E-state index in [9.17, 15) is 13.2 Å². The summed E-state index contributed by atoms with van der Waals surface area (Å²) in [6.07, 6.45) is 7.49. The van der Waals surface area contributed by atoms with Gasteiger partial charge in [-0.2, -0.15) is 13.5 Å². The van der Waals surface area contributed by atoms with Crippen LogP contribution in [0.4, 0.5) is 4.79 Å². The molecule has 3 aliphatic rings. The second kappa shape index (κ2) is 11.2. The molecule has 2 aromatic carbocycles. The number of hydrogen-bond acceptors (Lipinski definition) is 8.